The Morgan fingerprint density at radius 1 is 1.41 bits per heavy atom. The molecule has 2 N–H and O–H groups in total. The smallest absolute Gasteiger partial charge is 0.255 e. The number of carbonyl (C=O) groups excluding carboxylic acids is 1. The first-order valence-electron chi connectivity index (χ1n) is 5.64. The monoisotopic (exact) mass is 237 g/mol. The van der Waals surface area contributed by atoms with Crippen molar-refractivity contribution in [2.24, 2.45) is 0 Å². The lowest BCUT2D eigenvalue weighted by Crippen LogP contribution is -2.25. The summed E-state index contributed by atoms with van der Waals surface area (Å²) >= 11 is 0. The van der Waals surface area contributed by atoms with Crippen LogP contribution in [0.1, 0.15) is 27.9 Å². The van der Waals surface area contributed by atoms with Crippen molar-refractivity contribution in [2.75, 3.05) is 20.3 Å². The molecule has 0 atom stereocenters. The molecule has 0 aromatic heterocycles. The maximum atomic E-state index is 11.9. The van der Waals surface area contributed by atoms with Gasteiger partial charge in [-0.2, -0.15) is 0 Å². The molecule has 0 fully saturated rings. The van der Waals surface area contributed by atoms with Gasteiger partial charge in [-0.3, -0.25) is 4.79 Å². The zero-order chi connectivity index (χ0) is 12.8. The van der Waals surface area contributed by atoms with E-state index in [4.69, 9.17) is 9.84 Å². The Morgan fingerprint density at radius 3 is 2.71 bits per heavy atom. The Balaban J connectivity index is 2.91. The summed E-state index contributed by atoms with van der Waals surface area (Å²) in [4.78, 5) is 11.9. The van der Waals surface area contributed by atoms with Crippen LogP contribution in [0.4, 0.5) is 0 Å². The van der Waals surface area contributed by atoms with E-state index in [9.17, 15) is 4.79 Å². The largest absolute Gasteiger partial charge is 0.496 e. The van der Waals surface area contributed by atoms with E-state index < -0.39 is 0 Å². The number of ether oxygens (including phenoxy) is 1. The van der Waals surface area contributed by atoms with E-state index in [1.54, 1.807) is 13.2 Å². The molecule has 0 radical (unpaired) electrons. The van der Waals surface area contributed by atoms with Crippen LogP contribution >= 0.6 is 0 Å². The van der Waals surface area contributed by atoms with Crippen LogP contribution in [0.25, 0.3) is 0 Å². The first-order valence-corrected chi connectivity index (χ1v) is 5.64. The second kappa shape index (κ2) is 6.25. The number of hydrogen-bond acceptors (Lipinski definition) is 3. The molecule has 0 aliphatic heterocycles. The molecule has 0 aliphatic carbocycles. The van der Waals surface area contributed by atoms with E-state index in [0.29, 0.717) is 24.3 Å². The van der Waals surface area contributed by atoms with Gasteiger partial charge in [0.2, 0.25) is 0 Å². The molecule has 4 nitrogen and oxygen atoms in total. The van der Waals surface area contributed by atoms with E-state index in [1.165, 1.54) is 0 Å². The van der Waals surface area contributed by atoms with Crippen molar-refractivity contribution in [3.05, 3.63) is 28.8 Å². The average molecular weight is 237 g/mol. The summed E-state index contributed by atoms with van der Waals surface area (Å²) in [5.41, 5.74) is 2.51. The van der Waals surface area contributed by atoms with Crippen molar-refractivity contribution in [1.82, 2.24) is 5.32 Å². The topological polar surface area (TPSA) is 58.6 Å². The van der Waals surface area contributed by atoms with Crippen LogP contribution in [0.2, 0.25) is 0 Å². The minimum atomic E-state index is -0.165. The van der Waals surface area contributed by atoms with E-state index in [1.807, 2.05) is 19.9 Å². The highest BCUT2D eigenvalue weighted by atomic mass is 16.5. The summed E-state index contributed by atoms with van der Waals surface area (Å²) in [6.07, 6.45) is 0.554. The van der Waals surface area contributed by atoms with E-state index >= 15 is 0 Å². The highest BCUT2D eigenvalue weighted by Gasteiger charge is 2.14. The Labute approximate surface area is 102 Å². The first kappa shape index (κ1) is 13.5. The number of benzene rings is 1. The number of rotatable bonds is 5. The average Bonchev–Trinajstić information content (AvgIpc) is 2.28. The third-order valence-electron chi connectivity index (χ3n) is 2.49. The predicted octanol–water partition coefficient (Wildman–Crippen LogP) is 1.42. The zero-order valence-corrected chi connectivity index (χ0v) is 10.5. The maximum absolute atomic E-state index is 11.9. The fourth-order valence-electron chi connectivity index (χ4n) is 1.77. The van der Waals surface area contributed by atoms with Gasteiger partial charge in [0.25, 0.3) is 5.91 Å². The normalized spacial score (nSPS) is 10.1. The van der Waals surface area contributed by atoms with Gasteiger partial charge >= 0.3 is 0 Å². The van der Waals surface area contributed by atoms with Crippen LogP contribution < -0.4 is 10.1 Å². The van der Waals surface area contributed by atoms with Crippen molar-refractivity contribution in [3.63, 3.8) is 0 Å². The molecule has 0 spiro atoms. The van der Waals surface area contributed by atoms with Gasteiger partial charge in [-0.05, 0) is 37.5 Å². The summed E-state index contributed by atoms with van der Waals surface area (Å²) in [6.45, 7) is 4.39. The fraction of sp³-hybridized carbons (Fsp3) is 0.462. The summed E-state index contributed by atoms with van der Waals surface area (Å²) in [5, 5.41) is 11.4. The van der Waals surface area contributed by atoms with Gasteiger partial charge in [0, 0.05) is 13.2 Å². The lowest BCUT2D eigenvalue weighted by Gasteiger charge is -2.12. The Morgan fingerprint density at radius 2 is 2.12 bits per heavy atom. The minimum absolute atomic E-state index is 0.0737. The SMILES string of the molecule is COc1c(C)cc(C)cc1C(=O)NCCCO. The third-order valence-corrected chi connectivity index (χ3v) is 2.49. The quantitative estimate of drug-likeness (QED) is 0.761. The van der Waals surface area contributed by atoms with E-state index in [2.05, 4.69) is 5.32 Å². The number of aliphatic hydroxyl groups is 1. The summed E-state index contributed by atoms with van der Waals surface area (Å²) in [5.74, 6) is 0.444. The van der Waals surface area contributed by atoms with Crippen molar-refractivity contribution in [1.29, 1.82) is 0 Å². The molecule has 94 valence electrons. The van der Waals surface area contributed by atoms with Gasteiger partial charge in [0.15, 0.2) is 0 Å². The predicted molar refractivity (Wildman–Crippen MR) is 66.5 cm³/mol. The number of hydrogen-bond donors (Lipinski definition) is 2. The Kier molecular flexibility index (Phi) is 4.97. The van der Waals surface area contributed by atoms with Crippen molar-refractivity contribution >= 4 is 5.91 Å². The van der Waals surface area contributed by atoms with Gasteiger partial charge in [-0.25, -0.2) is 0 Å². The second-order valence-electron chi connectivity index (χ2n) is 4.00. The number of carbonyl (C=O) groups is 1. The minimum Gasteiger partial charge on any atom is -0.496 e. The third kappa shape index (κ3) is 3.46. The number of amides is 1. The van der Waals surface area contributed by atoms with Crippen molar-refractivity contribution in [2.45, 2.75) is 20.3 Å². The van der Waals surface area contributed by atoms with Gasteiger partial charge in [-0.1, -0.05) is 6.07 Å². The molecule has 0 saturated heterocycles. The van der Waals surface area contributed by atoms with Crippen LogP contribution in [0.3, 0.4) is 0 Å². The molecule has 0 heterocycles. The van der Waals surface area contributed by atoms with Gasteiger partial charge < -0.3 is 15.2 Å². The summed E-state index contributed by atoms with van der Waals surface area (Å²) < 4.78 is 5.25. The van der Waals surface area contributed by atoms with Crippen molar-refractivity contribution < 1.29 is 14.6 Å². The highest BCUT2D eigenvalue weighted by Crippen LogP contribution is 2.24. The van der Waals surface area contributed by atoms with Crippen LogP contribution in [-0.2, 0) is 0 Å². The molecule has 1 rings (SSSR count). The second-order valence-corrected chi connectivity index (χ2v) is 4.00. The molecular weight excluding hydrogens is 218 g/mol. The van der Waals surface area contributed by atoms with Gasteiger partial charge in [0.05, 0.1) is 12.7 Å². The van der Waals surface area contributed by atoms with Gasteiger partial charge in [-0.15, -0.1) is 0 Å². The number of methoxy groups -OCH3 is 1. The molecule has 1 amide bonds. The lowest BCUT2D eigenvalue weighted by atomic mass is 10.0. The summed E-state index contributed by atoms with van der Waals surface area (Å²) in [7, 11) is 1.56. The van der Waals surface area contributed by atoms with Crippen LogP contribution in [0.5, 0.6) is 5.75 Å². The molecule has 0 bridgehead atoms. The lowest BCUT2D eigenvalue weighted by molar-refractivity contribution is 0.0948. The highest BCUT2D eigenvalue weighted by molar-refractivity contribution is 5.97. The summed E-state index contributed by atoms with van der Waals surface area (Å²) in [6, 6.07) is 3.78. The number of nitrogens with one attached hydrogen (secondary N) is 1. The molecular formula is C13H19NO3. The Bertz CT molecular complexity index is 402. The fourth-order valence-corrected chi connectivity index (χ4v) is 1.77. The maximum Gasteiger partial charge on any atom is 0.255 e. The van der Waals surface area contributed by atoms with Crippen LogP contribution in [0, 0.1) is 13.8 Å². The number of aliphatic hydroxyl groups excluding tert-OH is 1. The van der Waals surface area contributed by atoms with Crippen LogP contribution in [0.15, 0.2) is 12.1 Å². The molecule has 17 heavy (non-hydrogen) atoms. The number of aryl methyl sites for hydroxylation is 2. The van der Waals surface area contributed by atoms with Crippen molar-refractivity contribution in [3.8, 4) is 5.75 Å². The van der Waals surface area contributed by atoms with E-state index in [-0.39, 0.29) is 12.5 Å². The molecule has 1 aromatic rings. The standard InChI is InChI=1S/C13H19NO3/c1-9-7-10(2)12(17-3)11(8-9)13(16)14-5-4-6-15/h7-8,15H,4-6H2,1-3H3,(H,14,16). The van der Waals surface area contributed by atoms with Gasteiger partial charge in [0.1, 0.15) is 5.75 Å². The molecule has 4 heteroatoms. The molecule has 0 aliphatic rings. The van der Waals surface area contributed by atoms with E-state index in [0.717, 1.165) is 11.1 Å². The Hall–Kier alpha value is -1.55. The molecule has 0 saturated carbocycles. The van der Waals surface area contributed by atoms with Crippen LogP contribution in [-0.4, -0.2) is 31.3 Å². The zero-order valence-electron chi connectivity index (χ0n) is 10.5. The molecule has 1 aromatic carbocycles. The molecule has 0 unspecified atom stereocenters. The first-order chi connectivity index (χ1) is 8.10.